The monoisotopic (exact) mass is 288 g/mol. The Labute approximate surface area is 121 Å². The smallest absolute Gasteiger partial charge is 0.338 e. The van der Waals surface area contributed by atoms with Crippen LogP contribution < -0.4 is 5.32 Å². The maximum Gasteiger partial charge on any atom is 0.338 e. The number of hydrogen-bond acceptors (Lipinski definition) is 5. The molecule has 1 aromatic heterocycles. The zero-order valence-corrected chi connectivity index (χ0v) is 11.8. The first kappa shape index (κ1) is 14.7. The highest BCUT2D eigenvalue weighted by molar-refractivity contribution is 5.91. The minimum Gasteiger partial charge on any atom is -0.452 e. The molecular formula is C14H16N4O3. The van der Waals surface area contributed by atoms with Crippen molar-refractivity contribution < 1.29 is 14.3 Å². The number of esters is 1. The first-order valence-electron chi connectivity index (χ1n) is 6.48. The predicted molar refractivity (Wildman–Crippen MR) is 74.9 cm³/mol. The van der Waals surface area contributed by atoms with Crippen LogP contribution in [0.4, 0.5) is 0 Å². The van der Waals surface area contributed by atoms with Crippen LogP contribution in [0.5, 0.6) is 0 Å². The molecule has 7 heteroatoms. The van der Waals surface area contributed by atoms with E-state index in [4.69, 9.17) is 4.74 Å². The Bertz CT molecular complexity index is 606. The van der Waals surface area contributed by atoms with Gasteiger partial charge in [-0.3, -0.25) is 4.79 Å². The SMILES string of the molecule is CC(C)NC(=O)COC(=O)c1ccc(-n2cncn2)cc1. The molecule has 0 aliphatic carbocycles. The summed E-state index contributed by atoms with van der Waals surface area (Å²) in [7, 11) is 0. The molecule has 0 unspecified atom stereocenters. The van der Waals surface area contributed by atoms with Gasteiger partial charge >= 0.3 is 5.97 Å². The molecule has 1 amide bonds. The number of ether oxygens (including phenoxy) is 1. The molecule has 0 saturated carbocycles. The van der Waals surface area contributed by atoms with Crippen LogP contribution in [0.25, 0.3) is 5.69 Å². The number of nitrogens with zero attached hydrogens (tertiary/aromatic N) is 3. The summed E-state index contributed by atoms with van der Waals surface area (Å²) in [5.74, 6) is -0.864. The molecule has 0 aliphatic heterocycles. The van der Waals surface area contributed by atoms with Gasteiger partial charge < -0.3 is 10.1 Å². The maximum absolute atomic E-state index is 11.8. The lowest BCUT2D eigenvalue weighted by Crippen LogP contribution is -2.33. The third kappa shape index (κ3) is 4.13. The minimum atomic E-state index is -0.543. The van der Waals surface area contributed by atoms with Gasteiger partial charge in [0.05, 0.1) is 11.3 Å². The van der Waals surface area contributed by atoms with Gasteiger partial charge in [0.2, 0.25) is 0 Å². The first-order valence-corrected chi connectivity index (χ1v) is 6.48. The number of carbonyl (C=O) groups is 2. The van der Waals surface area contributed by atoms with Crippen molar-refractivity contribution >= 4 is 11.9 Å². The largest absolute Gasteiger partial charge is 0.452 e. The fraction of sp³-hybridized carbons (Fsp3) is 0.286. The van der Waals surface area contributed by atoms with Crippen LogP contribution >= 0.6 is 0 Å². The standard InChI is InChI=1S/C14H16N4O3/c1-10(2)17-13(19)7-21-14(20)11-3-5-12(6-4-11)18-9-15-8-16-18/h3-6,8-10H,7H2,1-2H3,(H,17,19). The zero-order valence-electron chi connectivity index (χ0n) is 11.8. The minimum absolute atomic E-state index is 0.0122. The van der Waals surface area contributed by atoms with E-state index in [-0.39, 0.29) is 18.6 Å². The van der Waals surface area contributed by atoms with E-state index in [1.807, 2.05) is 13.8 Å². The maximum atomic E-state index is 11.8. The lowest BCUT2D eigenvalue weighted by atomic mass is 10.2. The molecular weight excluding hydrogens is 272 g/mol. The Morgan fingerprint density at radius 2 is 2.00 bits per heavy atom. The molecule has 0 spiro atoms. The molecule has 7 nitrogen and oxygen atoms in total. The summed E-state index contributed by atoms with van der Waals surface area (Å²) in [6, 6.07) is 6.68. The van der Waals surface area contributed by atoms with E-state index < -0.39 is 5.97 Å². The number of aromatic nitrogens is 3. The number of nitrogens with one attached hydrogen (secondary N) is 1. The number of hydrogen-bond donors (Lipinski definition) is 1. The second-order valence-corrected chi connectivity index (χ2v) is 4.69. The predicted octanol–water partition coefficient (Wildman–Crippen LogP) is 0.949. The molecule has 0 fully saturated rings. The molecule has 0 radical (unpaired) electrons. The first-order chi connectivity index (χ1) is 10.1. The second-order valence-electron chi connectivity index (χ2n) is 4.69. The molecule has 110 valence electrons. The third-order valence-corrected chi connectivity index (χ3v) is 2.57. The van der Waals surface area contributed by atoms with Crippen molar-refractivity contribution in [3.8, 4) is 5.69 Å². The fourth-order valence-electron chi connectivity index (χ4n) is 1.67. The van der Waals surface area contributed by atoms with E-state index in [9.17, 15) is 9.59 Å². The van der Waals surface area contributed by atoms with Gasteiger partial charge in [0, 0.05) is 6.04 Å². The molecule has 0 aliphatic rings. The summed E-state index contributed by atoms with van der Waals surface area (Å²) in [4.78, 5) is 27.0. The van der Waals surface area contributed by atoms with Crippen molar-refractivity contribution in [2.75, 3.05) is 6.61 Å². The van der Waals surface area contributed by atoms with E-state index in [0.717, 1.165) is 5.69 Å². The topological polar surface area (TPSA) is 86.1 Å². The van der Waals surface area contributed by atoms with Crippen LogP contribution in [-0.2, 0) is 9.53 Å². The summed E-state index contributed by atoms with van der Waals surface area (Å²) < 4.78 is 6.51. The lowest BCUT2D eigenvalue weighted by molar-refractivity contribution is -0.124. The Kier molecular flexibility index (Phi) is 4.65. The molecule has 0 saturated heterocycles. The molecule has 1 aromatic carbocycles. The van der Waals surface area contributed by atoms with Crippen LogP contribution in [-0.4, -0.2) is 39.3 Å². The van der Waals surface area contributed by atoms with E-state index >= 15 is 0 Å². The molecule has 0 bridgehead atoms. The molecule has 2 aromatic rings. The number of amides is 1. The highest BCUT2D eigenvalue weighted by Gasteiger charge is 2.11. The van der Waals surface area contributed by atoms with Crippen LogP contribution in [0, 0.1) is 0 Å². The Balaban J connectivity index is 1.93. The van der Waals surface area contributed by atoms with Crippen molar-refractivity contribution in [3.05, 3.63) is 42.5 Å². The highest BCUT2D eigenvalue weighted by atomic mass is 16.5. The van der Waals surface area contributed by atoms with Crippen molar-refractivity contribution in [1.82, 2.24) is 20.1 Å². The summed E-state index contributed by atoms with van der Waals surface area (Å²) in [6.07, 6.45) is 2.99. The summed E-state index contributed by atoms with van der Waals surface area (Å²) in [5.41, 5.74) is 1.15. The highest BCUT2D eigenvalue weighted by Crippen LogP contribution is 2.09. The summed E-state index contributed by atoms with van der Waals surface area (Å²) >= 11 is 0. The van der Waals surface area contributed by atoms with E-state index in [2.05, 4.69) is 15.4 Å². The molecule has 1 N–H and O–H groups in total. The van der Waals surface area contributed by atoms with Gasteiger partial charge in [-0.1, -0.05) is 0 Å². The van der Waals surface area contributed by atoms with Gasteiger partial charge in [-0.2, -0.15) is 5.10 Å². The summed E-state index contributed by atoms with van der Waals surface area (Å²) in [6.45, 7) is 3.38. The second kappa shape index (κ2) is 6.65. The third-order valence-electron chi connectivity index (χ3n) is 2.57. The molecule has 0 atom stereocenters. The van der Waals surface area contributed by atoms with Crippen LogP contribution in [0.15, 0.2) is 36.9 Å². The average molecular weight is 288 g/mol. The van der Waals surface area contributed by atoms with Gasteiger partial charge in [-0.05, 0) is 38.1 Å². The van der Waals surface area contributed by atoms with Crippen LogP contribution in [0.2, 0.25) is 0 Å². The zero-order chi connectivity index (χ0) is 15.2. The van der Waals surface area contributed by atoms with Gasteiger partial charge in [-0.25, -0.2) is 14.5 Å². The fourth-order valence-corrected chi connectivity index (χ4v) is 1.67. The number of rotatable bonds is 5. The van der Waals surface area contributed by atoms with Gasteiger partial charge in [0.1, 0.15) is 12.7 Å². The van der Waals surface area contributed by atoms with Crippen molar-refractivity contribution in [2.24, 2.45) is 0 Å². The quantitative estimate of drug-likeness (QED) is 0.828. The van der Waals surface area contributed by atoms with Gasteiger partial charge in [0.25, 0.3) is 5.91 Å². The Morgan fingerprint density at radius 1 is 1.29 bits per heavy atom. The van der Waals surface area contributed by atoms with Gasteiger partial charge in [-0.15, -0.1) is 0 Å². The van der Waals surface area contributed by atoms with E-state index in [1.165, 1.54) is 6.33 Å². The normalized spacial score (nSPS) is 10.4. The average Bonchev–Trinajstić information content (AvgIpc) is 2.98. The lowest BCUT2D eigenvalue weighted by Gasteiger charge is -2.09. The van der Waals surface area contributed by atoms with Crippen molar-refractivity contribution in [2.45, 2.75) is 19.9 Å². The summed E-state index contributed by atoms with van der Waals surface area (Å²) in [5, 5.41) is 6.63. The Hall–Kier alpha value is -2.70. The van der Waals surface area contributed by atoms with Crippen LogP contribution in [0.3, 0.4) is 0 Å². The number of benzene rings is 1. The number of carbonyl (C=O) groups excluding carboxylic acids is 2. The Morgan fingerprint density at radius 3 is 2.57 bits per heavy atom. The van der Waals surface area contributed by atoms with E-state index in [0.29, 0.717) is 5.56 Å². The van der Waals surface area contributed by atoms with E-state index in [1.54, 1.807) is 35.3 Å². The molecule has 21 heavy (non-hydrogen) atoms. The molecule has 2 rings (SSSR count). The van der Waals surface area contributed by atoms with Crippen molar-refractivity contribution in [3.63, 3.8) is 0 Å². The molecule has 1 heterocycles. The van der Waals surface area contributed by atoms with Crippen LogP contribution in [0.1, 0.15) is 24.2 Å². The van der Waals surface area contributed by atoms with Crippen molar-refractivity contribution in [1.29, 1.82) is 0 Å². The van der Waals surface area contributed by atoms with Gasteiger partial charge in [0.15, 0.2) is 6.61 Å².